The first kappa shape index (κ1) is 29.9. The molecule has 35 heavy (non-hydrogen) atoms. The fraction of sp³-hybridized carbons (Fsp3) is 0. The van der Waals surface area contributed by atoms with Gasteiger partial charge in [0, 0.05) is 52.7 Å². The van der Waals surface area contributed by atoms with Gasteiger partial charge in [-0.1, -0.05) is 0 Å². The van der Waals surface area contributed by atoms with Crippen LogP contribution in [0, 0.1) is 10.1 Å². The van der Waals surface area contributed by atoms with Crippen LogP contribution in [0.5, 0.6) is 5.75 Å². The van der Waals surface area contributed by atoms with E-state index in [1.54, 1.807) is 0 Å². The van der Waals surface area contributed by atoms with Gasteiger partial charge in [0.25, 0.3) is 15.8 Å². The fourth-order valence-electron chi connectivity index (χ4n) is 2.53. The van der Waals surface area contributed by atoms with Crippen molar-refractivity contribution in [3.05, 3.63) is 89.8 Å². The Kier molecular flexibility index (Phi) is 10.3. The summed E-state index contributed by atoms with van der Waals surface area (Å²) in [6.07, 6.45) is 0. The molecule has 3 rings (SSSR count). The molecule has 0 aliphatic rings. The first-order valence-electron chi connectivity index (χ1n) is 8.76. The van der Waals surface area contributed by atoms with Crippen LogP contribution in [0.3, 0.4) is 0 Å². The largest absolute Gasteiger partial charge is 0.506 e. The molecule has 6 N–H and O–H groups in total. The van der Waals surface area contributed by atoms with Crippen molar-refractivity contribution in [2.45, 2.75) is 4.90 Å². The first-order valence-corrected chi connectivity index (χ1v) is 10.2. The second-order valence-electron chi connectivity index (χ2n) is 6.39. The van der Waals surface area contributed by atoms with Crippen LogP contribution in [0.25, 0.3) is 0 Å². The molecule has 0 aromatic heterocycles. The minimum Gasteiger partial charge on any atom is -0.506 e. The molecule has 0 fully saturated rings. The number of hydrogen-bond donors (Lipinski definition) is 5. The van der Waals surface area contributed by atoms with E-state index in [9.17, 15) is 33.2 Å². The average molecular weight is 561 g/mol. The van der Waals surface area contributed by atoms with E-state index in [1.165, 1.54) is 12.1 Å². The molecule has 182 valence electrons. The van der Waals surface area contributed by atoms with E-state index < -0.39 is 41.9 Å². The first-order chi connectivity index (χ1) is 15.5. The number of nitro groups is 1. The average Bonchev–Trinajstić information content (AvgIpc) is 2.73. The van der Waals surface area contributed by atoms with E-state index in [2.05, 4.69) is 21.1 Å². The van der Waals surface area contributed by atoms with Crippen molar-refractivity contribution in [1.82, 2.24) is 0 Å². The topological polar surface area (TPSA) is 227 Å². The number of nitrogens with zero attached hydrogens (tertiary/aromatic N) is 3. The molecular weight excluding hydrogens is 547 g/mol. The number of phenols is 1. The van der Waals surface area contributed by atoms with E-state index in [4.69, 9.17) is 10.3 Å². The summed E-state index contributed by atoms with van der Waals surface area (Å²) >= 11 is 0. The Hall–Kier alpha value is -3.11. The van der Waals surface area contributed by atoms with Crippen LogP contribution in [0.1, 0.15) is 0 Å². The molecule has 0 bridgehead atoms. The molecule has 3 aromatic rings. The van der Waals surface area contributed by atoms with Gasteiger partial charge < -0.3 is 10.8 Å². The Morgan fingerprint density at radius 2 is 1.69 bits per heavy atom. The third kappa shape index (κ3) is 7.19. The number of aromatic hydroxyl groups is 1. The van der Waals surface area contributed by atoms with Crippen molar-refractivity contribution in [2.24, 2.45) is 10.2 Å². The number of phenolic OH excluding ortho intramolecular Hbond substituents is 1. The van der Waals surface area contributed by atoms with Gasteiger partial charge in [-0.2, -0.15) is 18.6 Å². The molecule has 17 heteroatoms. The third-order valence-electron chi connectivity index (χ3n) is 4.16. The van der Waals surface area contributed by atoms with Crippen molar-refractivity contribution in [3.8, 4) is 5.75 Å². The zero-order valence-electron chi connectivity index (χ0n) is 17.6. The van der Waals surface area contributed by atoms with Gasteiger partial charge in [0.05, 0.1) is 21.2 Å². The molecule has 0 unspecified atom stereocenters. The Morgan fingerprint density at radius 1 is 1.00 bits per heavy atom. The van der Waals surface area contributed by atoms with Gasteiger partial charge in [-0.05, 0) is 42.5 Å². The predicted octanol–water partition coefficient (Wildman–Crippen LogP) is -0.802. The summed E-state index contributed by atoms with van der Waals surface area (Å²) in [7, 11) is -4.56. The molecule has 14 nitrogen and oxygen atoms in total. The smallest absolute Gasteiger partial charge is 0.294 e. The maximum absolute atomic E-state index is 12.6. The standard InChI is InChI=1S/C18H14N6O8S.Cu.Na/c19-11-7-9(1-4-14(11)24(28)29)20-23-17-16(26)6-3-12(18(17)27)21-22-13-8-10(33(30,31)32)2-5-15(13)25;;/h1-8,20,22,25H,19H2,(H,30,31,32);;. The molecule has 0 atom stereocenters. The van der Waals surface area contributed by atoms with E-state index in [0.717, 1.165) is 36.4 Å². The molecule has 0 spiro atoms. The number of rotatable bonds is 6. The monoisotopic (exact) mass is 560 g/mol. The van der Waals surface area contributed by atoms with Crippen molar-refractivity contribution in [1.29, 1.82) is 0 Å². The van der Waals surface area contributed by atoms with E-state index in [-0.39, 0.29) is 74.7 Å². The summed E-state index contributed by atoms with van der Waals surface area (Å²) in [6, 6.07) is 8.48. The van der Waals surface area contributed by atoms with Crippen LogP contribution in [0.2, 0.25) is 0 Å². The van der Waals surface area contributed by atoms with Crippen LogP contribution in [0.15, 0.2) is 73.2 Å². The number of nitrogens with one attached hydrogen (secondary N) is 2. The summed E-state index contributed by atoms with van der Waals surface area (Å²) in [5.74, 6) is -0.429. The molecule has 2 radical (unpaired) electrons. The van der Waals surface area contributed by atoms with Gasteiger partial charge in [-0.25, -0.2) is 0 Å². The van der Waals surface area contributed by atoms with Gasteiger partial charge >= 0.3 is 0 Å². The summed E-state index contributed by atoms with van der Waals surface area (Å²) in [6.45, 7) is 0. The molecule has 0 heterocycles. The molecule has 0 amide bonds. The van der Waals surface area contributed by atoms with Crippen molar-refractivity contribution >= 4 is 62.4 Å². The zero-order chi connectivity index (χ0) is 24.3. The van der Waals surface area contributed by atoms with E-state index in [0.29, 0.717) is 0 Å². The quantitative estimate of drug-likeness (QED) is 0.0625. The van der Waals surface area contributed by atoms with Crippen LogP contribution < -0.4 is 38.2 Å². The van der Waals surface area contributed by atoms with Crippen molar-refractivity contribution in [2.75, 3.05) is 16.6 Å². The normalized spacial score (nSPS) is 11.8. The summed E-state index contributed by atoms with van der Waals surface area (Å²) in [5.41, 5.74) is 8.04. The molecular formula is C18H14CuN6NaO8S. The van der Waals surface area contributed by atoms with Crippen LogP contribution >= 0.6 is 0 Å². The second kappa shape index (κ2) is 12.0. The Bertz CT molecular complexity index is 1610. The predicted molar refractivity (Wildman–Crippen MR) is 121 cm³/mol. The Labute approximate surface area is 228 Å². The van der Waals surface area contributed by atoms with Gasteiger partial charge in [0.15, 0.2) is 5.36 Å². The minimum absolute atomic E-state index is 0. The number of nitrogen functional groups attached to an aromatic ring is 1. The maximum atomic E-state index is 12.6. The molecule has 3 aromatic carbocycles. The SMILES string of the molecule is Nc1cc(NN=c2c(=O)ccc(=NNc3cc(S(=O)(=O)O)ccc3O)c2=O)ccc1[N+](=O)[O-].[Cu].[Na]. The molecule has 0 aliphatic carbocycles. The summed E-state index contributed by atoms with van der Waals surface area (Å²) in [4.78, 5) is 34.2. The number of benzene rings is 3. The van der Waals surface area contributed by atoms with Crippen molar-refractivity contribution < 1.29 is 40.1 Å². The third-order valence-corrected chi connectivity index (χ3v) is 5.01. The maximum Gasteiger partial charge on any atom is 0.294 e. The molecule has 0 saturated heterocycles. The van der Waals surface area contributed by atoms with Gasteiger partial charge in [-0.15, -0.1) is 0 Å². The van der Waals surface area contributed by atoms with E-state index >= 15 is 0 Å². The number of nitro benzene ring substituents is 1. The molecule has 0 aliphatic heterocycles. The number of anilines is 3. The summed E-state index contributed by atoms with van der Waals surface area (Å²) < 4.78 is 31.6. The van der Waals surface area contributed by atoms with Crippen LogP contribution in [-0.4, -0.2) is 52.6 Å². The minimum atomic E-state index is -4.56. The van der Waals surface area contributed by atoms with E-state index in [1.807, 2.05) is 0 Å². The number of hydrogen-bond acceptors (Lipinski definition) is 12. The second-order valence-corrected chi connectivity index (χ2v) is 7.81. The zero-order valence-corrected chi connectivity index (χ0v) is 21.3. The van der Waals surface area contributed by atoms with Gasteiger partial charge in [0.1, 0.15) is 16.8 Å². The molecule has 0 saturated carbocycles. The fourth-order valence-corrected chi connectivity index (χ4v) is 3.04. The van der Waals surface area contributed by atoms with Gasteiger partial charge in [0.2, 0.25) is 10.9 Å². The Balaban J connectivity index is 0.00000306. The van der Waals surface area contributed by atoms with Crippen LogP contribution in [0.4, 0.5) is 22.7 Å². The van der Waals surface area contributed by atoms with Gasteiger partial charge in [-0.3, -0.25) is 35.1 Å². The Morgan fingerprint density at radius 3 is 2.29 bits per heavy atom. The summed E-state index contributed by atoms with van der Waals surface area (Å²) in [5, 5.41) is 27.2. The van der Waals surface area contributed by atoms with Crippen LogP contribution in [-0.2, 0) is 27.2 Å². The van der Waals surface area contributed by atoms with Crippen molar-refractivity contribution in [3.63, 3.8) is 0 Å². The number of nitrogens with two attached hydrogens (primary N) is 1.